The van der Waals surface area contributed by atoms with Gasteiger partial charge >= 0.3 is 0 Å². The molecule has 1 atom stereocenters. The van der Waals surface area contributed by atoms with Crippen molar-refractivity contribution in [3.63, 3.8) is 0 Å². The maximum absolute atomic E-state index is 13.1. The van der Waals surface area contributed by atoms with Crippen molar-refractivity contribution < 1.29 is 4.39 Å². The third kappa shape index (κ3) is 4.17. The normalized spacial score (nSPS) is 12.4. The molecule has 19 heavy (non-hydrogen) atoms. The van der Waals surface area contributed by atoms with Crippen LogP contribution in [-0.2, 0) is 12.8 Å². The summed E-state index contributed by atoms with van der Waals surface area (Å²) in [5.41, 5.74) is 3.63. The fourth-order valence-corrected chi connectivity index (χ4v) is 2.79. The van der Waals surface area contributed by atoms with Crippen LogP contribution in [0.5, 0.6) is 0 Å². The smallest absolute Gasteiger partial charge is 0.123 e. The van der Waals surface area contributed by atoms with Crippen molar-refractivity contribution in [3.05, 3.63) is 71.0 Å². The Kier molecular flexibility index (Phi) is 5.15. The fourth-order valence-electron chi connectivity index (χ4n) is 2.33. The van der Waals surface area contributed by atoms with E-state index in [0.717, 1.165) is 23.7 Å². The van der Waals surface area contributed by atoms with E-state index in [-0.39, 0.29) is 5.82 Å². The Morgan fingerprint density at radius 3 is 2.42 bits per heavy atom. The highest BCUT2D eigenvalue weighted by Gasteiger charge is 2.11. The molecule has 0 aliphatic rings. The van der Waals surface area contributed by atoms with E-state index < -0.39 is 0 Å². The fraction of sp³-hybridized carbons (Fsp3) is 0.294. The molecule has 0 saturated heterocycles. The highest BCUT2D eigenvalue weighted by atomic mass is 79.9. The van der Waals surface area contributed by atoms with Crippen LogP contribution in [0.1, 0.15) is 16.7 Å². The Balaban J connectivity index is 2.06. The first-order valence-corrected chi connectivity index (χ1v) is 7.66. The van der Waals surface area contributed by atoms with E-state index in [0.29, 0.717) is 5.92 Å². The van der Waals surface area contributed by atoms with Gasteiger partial charge < -0.3 is 0 Å². The number of hydrogen-bond donors (Lipinski definition) is 0. The topological polar surface area (TPSA) is 0 Å². The Labute approximate surface area is 122 Å². The van der Waals surface area contributed by atoms with Crippen molar-refractivity contribution in [2.75, 3.05) is 5.33 Å². The second-order valence-corrected chi connectivity index (χ2v) is 5.63. The summed E-state index contributed by atoms with van der Waals surface area (Å²) < 4.78 is 13.1. The quantitative estimate of drug-likeness (QED) is 0.685. The van der Waals surface area contributed by atoms with Gasteiger partial charge in [0.1, 0.15) is 5.82 Å². The van der Waals surface area contributed by atoms with Crippen LogP contribution in [0.4, 0.5) is 4.39 Å². The lowest BCUT2D eigenvalue weighted by atomic mass is 9.92. The number of hydrogen-bond acceptors (Lipinski definition) is 0. The lowest BCUT2D eigenvalue weighted by molar-refractivity contribution is 0.585. The largest absolute Gasteiger partial charge is 0.207 e. The molecule has 0 nitrogen and oxygen atoms in total. The average molecular weight is 321 g/mol. The Morgan fingerprint density at radius 2 is 1.79 bits per heavy atom. The van der Waals surface area contributed by atoms with Crippen molar-refractivity contribution in [2.24, 2.45) is 5.92 Å². The van der Waals surface area contributed by atoms with Crippen molar-refractivity contribution in [2.45, 2.75) is 19.8 Å². The molecular formula is C17H18BrF. The van der Waals surface area contributed by atoms with Crippen LogP contribution in [0.25, 0.3) is 0 Å². The summed E-state index contributed by atoms with van der Waals surface area (Å²) in [6.07, 6.45) is 2.02. The zero-order chi connectivity index (χ0) is 13.7. The van der Waals surface area contributed by atoms with Crippen LogP contribution < -0.4 is 0 Å². The third-order valence-corrected chi connectivity index (χ3v) is 4.31. The van der Waals surface area contributed by atoms with Gasteiger partial charge in [0, 0.05) is 5.33 Å². The molecule has 0 aliphatic heterocycles. The van der Waals surface area contributed by atoms with Gasteiger partial charge in [0.25, 0.3) is 0 Å². The predicted octanol–water partition coefficient (Wildman–Crippen LogP) is 4.93. The molecule has 2 aromatic carbocycles. The maximum atomic E-state index is 13.1. The summed E-state index contributed by atoms with van der Waals surface area (Å²) in [7, 11) is 0. The third-order valence-electron chi connectivity index (χ3n) is 3.40. The van der Waals surface area contributed by atoms with Gasteiger partial charge in [-0.15, -0.1) is 0 Å². The minimum Gasteiger partial charge on any atom is -0.207 e. The van der Waals surface area contributed by atoms with E-state index in [9.17, 15) is 4.39 Å². The zero-order valence-corrected chi connectivity index (χ0v) is 12.7. The molecule has 0 aliphatic carbocycles. The lowest BCUT2D eigenvalue weighted by Gasteiger charge is -2.16. The molecule has 1 unspecified atom stereocenters. The van der Waals surface area contributed by atoms with Crippen molar-refractivity contribution in [1.82, 2.24) is 0 Å². The van der Waals surface area contributed by atoms with Gasteiger partial charge in [-0.05, 0) is 54.5 Å². The summed E-state index contributed by atoms with van der Waals surface area (Å²) in [5.74, 6) is 0.381. The van der Waals surface area contributed by atoms with Crippen LogP contribution in [0.3, 0.4) is 0 Å². The Hall–Kier alpha value is -1.15. The van der Waals surface area contributed by atoms with Crippen LogP contribution in [0.15, 0.2) is 48.5 Å². The predicted molar refractivity (Wildman–Crippen MR) is 82.3 cm³/mol. The van der Waals surface area contributed by atoms with Crippen LogP contribution in [0, 0.1) is 18.7 Å². The Bertz CT molecular complexity index is 522. The molecule has 0 heterocycles. The van der Waals surface area contributed by atoms with E-state index in [2.05, 4.69) is 40.2 Å². The van der Waals surface area contributed by atoms with Gasteiger partial charge in [-0.2, -0.15) is 0 Å². The van der Waals surface area contributed by atoms with E-state index in [1.54, 1.807) is 12.1 Å². The SMILES string of the molecule is Cc1cc(F)ccc1CC(CBr)Cc1ccccc1. The Morgan fingerprint density at radius 1 is 1.05 bits per heavy atom. The van der Waals surface area contributed by atoms with Gasteiger partial charge in [-0.1, -0.05) is 52.3 Å². The second kappa shape index (κ2) is 6.85. The molecule has 2 aromatic rings. The summed E-state index contributed by atoms with van der Waals surface area (Å²) >= 11 is 3.60. The number of alkyl halides is 1. The van der Waals surface area contributed by atoms with Gasteiger partial charge in [0.05, 0.1) is 0 Å². The van der Waals surface area contributed by atoms with E-state index in [4.69, 9.17) is 0 Å². The highest BCUT2D eigenvalue weighted by Crippen LogP contribution is 2.20. The summed E-state index contributed by atoms with van der Waals surface area (Å²) in [6.45, 7) is 1.98. The molecule has 0 bridgehead atoms. The minimum absolute atomic E-state index is 0.153. The molecule has 0 fully saturated rings. The molecule has 2 heteroatoms. The minimum atomic E-state index is -0.153. The molecule has 0 aromatic heterocycles. The van der Waals surface area contributed by atoms with Crippen LogP contribution in [-0.4, -0.2) is 5.33 Å². The van der Waals surface area contributed by atoms with Gasteiger partial charge in [0.2, 0.25) is 0 Å². The number of halogens is 2. The average Bonchev–Trinajstić information content (AvgIpc) is 2.42. The van der Waals surface area contributed by atoms with E-state index in [1.807, 2.05) is 19.1 Å². The standard InChI is InChI=1S/C17H18BrF/c1-13-9-17(19)8-7-16(13)11-15(12-18)10-14-5-3-2-4-6-14/h2-9,15H,10-12H2,1H3. The molecule has 0 N–H and O–H groups in total. The monoisotopic (exact) mass is 320 g/mol. The molecule has 0 spiro atoms. The zero-order valence-electron chi connectivity index (χ0n) is 11.1. The van der Waals surface area contributed by atoms with Gasteiger partial charge in [0.15, 0.2) is 0 Å². The molecular weight excluding hydrogens is 303 g/mol. The first-order chi connectivity index (χ1) is 9.19. The van der Waals surface area contributed by atoms with E-state index >= 15 is 0 Å². The lowest BCUT2D eigenvalue weighted by Crippen LogP contribution is -2.10. The van der Waals surface area contributed by atoms with Crippen molar-refractivity contribution >= 4 is 15.9 Å². The summed E-state index contributed by atoms with van der Waals surface area (Å²) in [4.78, 5) is 0. The number of rotatable bonds is 5. The molecule has 0 amide bonds. The second-order valence-electron chi connectivity index (χ2n) is 4.98. The van der Waals surface area contributed by atoms with Crippen LogP contribution >= 0.6 is 15.9 Å². The molecule has 0 saturated carbocycles. The van der Waals surface area contributed by atoms with E-state index in [1.165, 1.54) is 11.1 Å². The van der Waals surface area contributed by atoms with Gasteiger partial charge in [-0.3, -0.25) is 0 Å². The highest BCUT2D eigenvalue weighted by molar-refractivity contribution is 9.09. The molecule has 2 rings (SSSR count). The maximum Gasteiger partial charge on any atom is 0.123 e. The number of benzene rings is 2. The van der Waals surface area contributed by atoms with Crippen molar-refractivity contribution in [3.8, 4) is 0 Å². The summed E-state index contributed by atoms with van der Waals surface area (Å²) in [6, 6.07) is 15.6. The van der Waals surface area contributed by atoms with Crippen LogP contribution in [0.2, 0.25) is 0 Å². The van der Waals surface area contributed by atoms with Gasteiger partial charge in [-0.25, -0.2) is 4.39 Å². The molecule has 100 valence electrons. The first-order valence-electron chi connectivity index (χ1n) is 6.54. The summed E-state index contributed by atoms with van der Waals surface area (Å²) in [5, 5.41) is 0.957. The number of aryl methyl sites for hydroxylation is 1. The van der Waals surface area contributed by atoms with Crippen molar-refractivity contribution in [1.29, 1.82) is 0 Å². The molecule has 0 radical (unpaired) electrons. The first kappa shape index (κ1) is 14.3.